The van der Waals surface area contributed by atoms with E-state index in [2.05, 4.69) is 27.7 Å². The molecule has 6 nitrogen and oxygen atoms in total. The molecular formula is C25H33N3O3. The summed E-state index contributed by atoms with van der Waals surface area (Å²) in [6.45, 7) is 7.34. The van der Waals surface area contributed by atoms with E-state index in [-0.39, 0.29) is 24.3 Å². The minimum atomic E-state index is -0.613. The molecule has 0 aromatic heterocycles. The van der Waals surface area contributed by atoms with Gasteiger partial charge < -0.3 is 15.4 Å². The van der Waals surface area contributed by atoms with E-state index in [4.69, 9.17) is 4.74 Å². The van der Waals surface area contributed by atoms with Gasteiger partial charge in [0.05, 0.1) is 0 Å². The second-order valence-corrected chi connectivity index (χ2v) is 8.36. The first-order valence-corrected chi connectivity index (χ1v) is 11.1. The normalized spacial score (nSPS) is 14.9. The third-order valence-electron chi connectivity index (χ3n) is 5.54. The SMILES string of the molecule is CC(C)[C@H](NC(=O)COc1ccccc1)C(=O)NCc1ccccc1CN1CCCC1. The van der Waals surface area contributed by atoms with E-state index < -0.39 is 6.04 Å². The molecule has 3 rings (SSSR count). The molecule has 2 N–H and O–H groups in total. The van der Waals surface area contributed by atoms with Crippen LogP contribution in [0.15, 0.2) is 54.6 Å². The van der Waals surface area contributed by atoms with E-state index in [9.17, 15) is 9.59 Å². The summed E-state index contributed by atoms with van der Waals surface area (Å²) in [5, 5.41) is 5.82. The molecule has 0 radical (unpaired) electrons. The molecule has 1 saturated heterocycles. The van der Waals surface area contributed by atoms with Crippen molar-refractivity contribution in [2.45, 2.75) is 45.8 Å². The number of nitrogens with zero attached hydrogens (tertiary/aromatic N) is 1. The highest BCUT2D eigenvalue weighted by Crippen LogP contribution is 2.16. The summed E-state index contributed by atoms with van der Waals surface area (Å²) in [6.07, 6.45) is 2.51. The fourth-order valence-corrected chi connectivity index (χ4v) is 3.77. The molecule has 1 aliphatic heterocycles. The molecule has 0 saturated carbocycles. The zero-order valence-corrected chi connectivity index (χ0v) is 18.5. The summed E-state index contributed by atoms with van der Waals surface area (Å²) in [4.78, 5) is 27.6. The number of hydrogen-bond acceptors (Lipinski definition) is 4. The van der Waals surface area contributed by atoms with Gasteiger partial charge in [-0.25, -0.2) is 0 Å². The molecule has 1 aliphatic rings. The Balaban J connectivity index is 1.53. The van der Waals surface area contributed by atoms with Gasteiger partial charge in [-0.1, -0.05) is 56.3 Å². The molecule has 31 heavy (non-hydrogen) atoms. The van der Waals surface area contributed by atoms with Gasteiger partial charge in [0.2, 0.25) is 5.91 Å². The number of nitrogens with one attached hydrogen (secondary N) is 2. The third kappa shape index (κ3) is 7.10. The average Bonchev–Trinajstić information content (AvgIpc) is 3.29. The van der Waals surface area contributed by atoms with Crippen LogP contribution in [0.3, 0.4) is 0 Å². The monoisotopic (exact) mass is 423 g/mol. The van der Waals surface area contributed by atoms with Crippen molar-refractivity contribution in [3.63, 3.8) is 0 Å². The molecule has 166 valence electrons. The molecule has 2 aromatic rings. The highest BCUT2D eigenvalue weighted by atomic mass is 16.5. The minimum Gasteiger partial charge on any atom is -0.484 e. The lowest BCUT2D eigenvalue weighted by molar-refractivity contribution is -0.131. The van der Waals surface area contributed by atoms with Gasteiger partial charge in [0.25, 0.3) is 5.91 Å². The van der Waals surface area contributed by atoms with Crippen molar-refractivity contribution < 1.29 is 14.3 Å². The Hall–Kier alpha value is -2.86. The first-order chi connectivity index (χ1) is 15.0. The molecule has 2 aromatic carbocycles. The Kier molecular flexibility index (Phi) is 8.47. The highest BCUT2D eigenvalue weighted by Gasteiger charge is 2.24. The van der Waals surface area contributed by atoms with Crippen molar-refractivity contribution in [1.29, 1.82) is 0 Å². The van der Waals surface area contributed by atoms with Gasteiger partial charge in [-0.3, -0.25) is 14.5 Å². The number of amides is 2. The lowest BCUT2D eigenvalue weighted by Gasteiger charge is -2.23. The van der Waals surface area contributed by atoms with Gasteiger partial charge in [0.1, 0.15) is 11.8 Å². The molecule has 1 fully saturated rings. The number of hydrogen-bond donors (Lipinski definition) is 2. The highest BCUT2D eigenvalue weighted by molar-refractivity contribution is 5.88. The van der Waals surface area contributed by atoms with Gasteiger partial charge in [0, 0.05) is 13.1 Å². The molecule has 1 atom stereocenters. The van der Waals surface area contributed by atoms with Crippen LogP contribution in [-0.4, -0.2) is 42.5 Å². The standard InChI is InChI=1S/C25H33N3O3/c1-19(2)24(27-23(29)18-31-22-12-4-3-5-13-22)25(30)26-16-20-10-6-7-11-21(20)17-28-14-8-9-15-28/h3-7,10-13,19,24H,8-9,14-18H2,1-2H3,(H,26,30)(H,27,29)/t24-/m0/s1. The summed E-state index contributed by atoms with van der Waals surface area (Å²) in [5.74, 6) is 0.0875. The van der Waals surface area contributed by atoms with E-state index in [0.717, 1.165) is 25.2 Å². The van der Waals surface area contributed by atoms with Gasteiger partial charge in [-0.2, -0.15) is 0 Å². The van der Waals surface area contributed by atoms with E-state index in [0.29, 0.717) is 12.3 Å². The molecule has 0 bridgehead atoms. The van der Waals surface area contributed by atoms with Gasteiger partial charge in [-0.05, 0) is 55.1 Å². The number of rotatable bonds is 10. The fourth-order valence-electron chi connectivity index (χ4n) is 3.77. The van der Waals surface area contributed by atoms with Gasteiger partial charge in [-0.15, -0.1) is 0 Å². The number of likely N-dealkylation sites (tertiary alicyclic amines) is 1. The van der Waals surface area contributed by atoms with Gasteiger partial charge >= 0.3 is 0 Å². The molecule has 0 aliphatic carbocycles. The van der Waals surface area contributed by atoms with Crippen molar-refractivity contribution in [1.82, 2.24) is 15.5 Å². The second kappa shape index (κ2) is 11.5. The predicted molar refractivity (Wildman–Crippen MR) is 122 cm³/mol. The summed E-state index contributed by atoms with van der Waals surface area (Å²) in [6, 6.07) is 16.8. The summed E-state index contributed by atoms with van der Waals surface area (Å²) in [7, 11) is 0. The average molecular weight is 424 g/mol. The Labute approximate surface area is 185 Å². The van der Waals surface area contributed by atoms with Crippen molar-refractivity contribution >= 4 is 11.8 Å². The summed E-state index contributed by atoms with van der Waals surface area (Å²) >= 11 is 0. The maximum Gasteiger partial charge on any atom is 0.258 e. The number of carbonyl (C=O) groups is 2. The van der Waals surface area contributed by atoms with E-state index >= 15 is 0 Å². The summed E-state index contributed by atoms with van der Waals surface area (Å²) < 4.78 is 5.49. The van der Waals surface area contributed by atoms with Crippen LogP contribution in [0.1, 0.15) is 37.8 Å². The van der Waals surface area contributed by atoms with Crippen LogP contribution in [0.2, 0.25) is 0 Å². The smallest absolute Gasteiger partial charge is 0.258 e. The lowest BCUT2D eigenvalue weighted by atomic mass is 10.0. The van der Waals surface area contributed by atoms with Crippen LogP contribution < -0.4 is 15.4 Å². The quantitative estimate of drug-likeness (QED) is 0.616. The molecular weight excluding hydrogens is 390 g/mol. The molecule has 0 spiro atoms. The first kappa shape index (κ1) is 22.8. The van der Waals surface area contributed by atoms with E-state index in [1.54, 1.807) is 12.1 Å². The number of benzene rings is 2. The van der Waals surface area contributed by atoms with Crippen LogP contribution in [0.25, 0.3) is 0 Å². The molecule has 0 unspecified atom stereocenters. The fraction of sp³-hybridized carbons (Fsp3) is 0.440. The second-order valence-electron chi connectivity index (χ2n) is 8.36. The Morgan fingerprint density at radius 2 is 1.61 bits per heavy atom. The van der Waals surface area contributed by atoms with Crippen molar-refractivity contribution in [3.05, 3.63) is 65.7 Å². The van der Waals surface area contributed by atoms with Crippen LogP contribution in [0, 0.1) is 5.92 Å². The van der Waals surface area contributed by atoms with Gasteiger partial charge in [0.15, 0.2) is 6.61 Å². The van der Waals surface area contributed by atoms with Crippen LogP contribution in [-0.2, 0) is 22.7 Å². The van der Waals surface area contributed by atoms with Crippen LogP contribution >= 0.6 is 0 Å². The zero-order valence-electron chi connectivity index (χ0n) is 18.5. The van der Waals surface area contributed by atoms with Crippen molar-refractivity contribution in [2.24, 2.45) is 5.92 Å². The maximum absolute atomic E-state index is 12.8. The molecule has 2 amide bonds. The van der Waals surface area contributed by atoms with E-state index in [1.807, 2.05) is 44.2 Å². The minimum absolute atomic E-state index is 0.0412. The maximum atomic E-state index is 12.8. The largest absolute Gasteiger partial charge is 0.484 e. The van der Waals surface area contributed by atoms with Crippen LogP contribution in [0.4, 0.5) is 0 Å². The summed E-state index contributed by atoms with van der Waals surface area (Å²) in [5.41, 5.74) is 2.36. The topological polar surface area (TPSA) is 70.7 Å². The number of carbonyl (C=O) groups excluding carboxylic acids is 2. The van der Waals surface area contributed by atoms with E-state index in [1.165, 1.54) is 18.4 Å². The number of para-hydroxylation sites is 1. The predicted octanol–water partition coefficient (Wildman–Crippen LogP) is 3.12. The van der Waals surface area contributed by atoms with Crippen LogP contribution in [0.5, 0.6) is 5.75 Å². The zero-order chi connectivity index (χ0) is 22.1. The van der Waals surface area contributed by atoms with Crippen molar-refractivity contribution in [3.8, 4) is 5.75 Å². The molecule has 1 heterocycles. The Morgan fingerprint density at radius 3 is 2.29 bits per heavy atom. The van der Waals surface area contributed by atoms with Crippen molar-refractivity contribution in [2.75, 3.05) is 19.7 Å². The Bertz CT molecular complexity index is 848. The number of ether oxygens (including phenoxy) is 1. The molecule has 6 heteroatoms. The third-order valence-corrected chi connectivity index (χ3v) is 5.54. The first-order valence-electron chi connectivity index (χ1n) is 11.1. The lowest BCUT2D eigenvalue weighted by Crippen LogP contribution is -2.50. The Morgan fingerprint density at radius 1 is 0.968 bits per heavy atom.